The van der Waals surface area contributed by atoms with Crippen molar-refractivity contribution in [3.8, 4) is 5.69 Å². The zero-order chi connectivity index (χ0) is 20.0. The van der Waals surface area contributed by atoms with Crippen LogP contribution in [0.5, 0.6) is 0 Å². The number of rotatable bonds is 3. The first-order valence-corrected chi connectivity index (χ1v) is 9.99. The lowest BCUT2D eigenvalue weighted by Gasteiger charge is -2.30. The topological polar surface area (TPSA) is 72.9 Å². The van der Waals surface area contributed by atoms with Crippen molar-refractivity contribution in [2.75, 3.05) is 13.1 Å². The van der Waals surface area contributed by atoms with E-state index in [1.54, 1.807) is 6.07 Å². The summed E-state index contributed by atoms with van der Waals surface area (Å²) in [7, 11) is 8.82. The minimum atomic E-state index is -0.447. The number of hydrogen-bond donors (Lipinski definition) is 2. The molecule has 2 aromatic carbocycles. The quantitative estimate of drug-likeness (QED) is 0.460. The number of benzene rings is 2. The Morgan fingerprint density at radius 3 is 2.46 bits per heavy atom. The summed E-state index contributed by atoms with van der Waals surface area (Å²) in [6, 6.07) is 5.55. The fourth-order valence-corrected chi connectivity index (χ4v) is 4.73. The summed E-state index contributed by atoms with van der Waals surface area (Å²) >= 11 is 0. The van der Waals surface area contributed by atoms with E-state index in [4.69, 9.17) is 10.8 Å². The molecule has 0 aliphatic carbocycles. The summed E-state index contributed by atoms with van der Waals surface area (Å²) in [6.45, 7) is 2.17. The first-order valence-electron chi connectivity index (χ1n) is 9.99. The minimum absolute atomic E-state index is 0.447. The molecule has 1 saturated heterocycles. The fourth-order valence-electron chi connectivity index (χ4n) is 4.73. The highest BCUT2D eigenvalue weighted by Gasteiger charge is 2.23. The lowest BCUT2D eigenvalue weighted by atomic mass is 9.63. The van der Waals surface area contributed by atoms with Gasteiger partial charge in [-0.25, -0.2) is 4.68 Å². The number of amides is 1. The third-order valence-corrected chi connectivity index (χ3v) is 6.38. The smallest absolute Gasteiger partial charge is 0.250 e. The molecular formula is C19H24B4N4O. The molecule has 4 rings (SSSR count). The van der Waals surface area contributed by atoms with Crippen LogP contribution in [0, 0.1) is 0 Å². The number of aromatic nitrogens is 2. The van der Waals surface area contributed by atoms with Crippen molar-refractivity contribution >= 4 is 70.0 Å². The Morgan fingerprint density at radius 2 is 1.86 bits per heavy atom. The average molecular weight is 368 g/mol. The lowest BCUT2D eigenvalue weighted by molar-refractivity contribution is 0.100. The third kappa shape index (κ3) is 2.98. The predicted octanol–water partition coefficient (Wildman–Crippen LogP) is -4.37. The molecule has 9 heteroatoms. The van der Waals surface area contributed by atoms with Gasteiger partial charge in [-0.2, -0.15) is 5.10 Å². The van der Waals surface area contributed by atoms with Gasteiger partial charge in [0.2, 0.25) is 0 Å². The van der Waals surface area contributed by atoms with Gasteiger partial charge in [0.15, 0.2) is 0 Å². The van der Waals surface area contributed by atoms with Crippen molar-refractivity contribution in [1.82, 2.24) is 15.1 Å². The van der Waals surface area contributed by atoms with Gasteiger partial charge in [0.05, 0.1) is 11.3 Å². The molecule has 3 N–H and O–H groups in total. The summed E-state index contributed by atoms with van der Waals surface area (Å²) in [6.07, 6.45) is 4.46. The van der Waals surface area contributed by atoms with Gasteiger partial charge in [-0.15, -0.1) is 0 Å². The van der Waals surface area contributed by atoms with E-state index in [1.165, 1.54) is 40.3 Å². The van der Waals surface area contributed by atoms with E-state index in [0.717, 1.165) is 24.2 Å². The van der Waals surface area contributed by atoms with Crippen molar-refractivity contribution in [3.63, 3.8) is 0 Å². The summed E-state index contributed by atoms with van der Waals surface area (Å²) in [5.74, 6) is 0.121. The largest absolute Gasteiger partial charge is 0.366 e. The molecule has 0 saturated carbocycles. The molecule has 1 aliphatic heterocycles. The first-order chi connectivity index (χ1) is 13.4. The summed E-state index contributed by atoms with van der Waals surface area (Å²) in [4.78, 5) is 11.8. The molecule has 1 fully saturated rings. The van der Waals surface area contributed by atoms with Crippen molar-refractivity contribution in [2.24, 2.45) is 5.73 Å². The van der Waals surface area contributed by atoms with E-state index in [9.17, 15) is 4.79 Å². The zero-order valence-corrected chi connectivity index (χ0v) is 17.1. The molecule has 28 heavy (non-hydrogen) atoms. The Bertz CT molecular complexity index is 1060. The summed E-state index contributed by atoms with van der Waals surface area (Å²) < 4.78 is 1.92. The Labute approximate surface area is 169 Å². The number of hydrogen-bond acceptors (Lipinski definition) is 3. The second kappa shape index (κ2) is 7.21. The molecule has 2 heterocycles. The van der Waals surface area contributed by atoms with Crippen molar-refractivity contribution in [1.29, 1.82) is 0 Å². The van der Waals surface area contributed by atoms with Crippen molar-refractivity contribution in [3.05, 3.63) is 35.5 Å². The van der Waals surface area contributed by atoms with Crippen LogP contribution >= 0.6 is 0 Å². The van der Waals surface area contributed by atoms with Gasteiger partial charge in [-0.3, -0.25) is 4.79 Å². The van der Waals surface area contributed by atoms with Crippen LogP contribution in [0.2, 0.25) is 0 Å². The number of nitrogens with one attached hydrogen (secondary N) is 1. The Hall–Kier alpha value is -2.40. The molecule has 3 aromatic rings. The highest BCUT2D eigenvalue weighted by molar-refractivity contribution is 6.59. The minimum Gasteiger partial charge on any atom is -0.366 e. The molecule has 138 valence electrons. The van der Waals surface area contributed by atoms with Gasteiger partial charge in [0, 0.05) is 18.1 Å². The second-order valence-corrected chi connectivity index (χ2v) is 7.99. The van der Waals surface area contributed by atoms with Crippen LogP contribution in [-0.4, -0.2) is 60.2 Å². The van der Waals surface area contributed by atoms with E-state index in [2.05, 4.69) is 36.7 Å². The maximum absolute atomic E-state index is 11.8. The predicted molar refractivity (Wildman–Crippen MR) is 127 cm³/mol. The first kappa shape index (κ1) is 18.9. The number of carbonyl (C=O) groups is 1. The molecule has 0 radical (unpaired) electrons. The van der Waals surface area contributed by atoms with Gasteiger partial charge < -0.3 is 11.1 Å². The maximum Gasteiger partial charge on any atom is 0.250 e. The van der Waals surface area contributed by atoms with Gasteiger partial charge in [-0.05, 0) is 31.4 Å². The van der Waals surface area contributed by atoms with Crippen molar-refractivity contribution in [2.45, 2.75) is 18.8 Å². The van der Waals surface area contributed by atoms with Crippen molar-refractivity contribution < 1.29 is 4.79 Å². The number of nitrogens with two attached hydrogens (primary N) is 1. The summed E-state index contributed by atoms with van der Waals surface area (Å²) in [5, 5.41) is 9.22. The van der Waals surface area contributed by atoms with Crippen LogP contribution in [0.3, 0.4) is 0 Å². The van der Waals surface area contributed by atoms with Crippen LogP contribution in [0.4, 0.5) is 0 Å². The molecule has 1 amide bonds. The van der Waals surface area contributed by atoms with E-state index in [-0.39, 0.29) is 0 Å². The zero-order valence-electron chi connectivity index (χ0n) is 17.1. The number of fused-ring (bicyclic) bond motifs is 1. The Balaban J connectivity index is 1.90. The van der Waals surface area contributed by atoms with E-state index < -0.39 is 5.91 Å². The standard InChI is InChI=1S/C19H24B4N4O/c20-13-12(9-4-2-6-25-7-9)14(21)16(23)18(15(13)22)27-8-10-3-1-5-11(19(24)28)17(10)26-27/h1,3,5,8-9,25H,2,4,6-7,20-23H2,(H2,24,28). The lowest BCUT2D eigenvalue weighted by Crippen LogP contribution is -2.50. The number of carbonyl (C=O) groups excluding carboxylic acids is 1. The number of nitrogens with zero attached hydrogens (tertiary/aromatic N) is 2. The SMILES string of the molecule is Bc1c(B)c(-n2cc3cccc(C(N)=O)c3n2)c(B)c(B)c1C1CCCNC1. The summed E-state index contributed by atoms with van der Waals surface area (Å²) in [5.41, 5.74) is 14.4. The number of piperidine rings is 1. The van der Waals surface area contributed by atoms with Gasteiger partial charge >= 0.3 is 0 Å². The second-order valence-electron chi connectivity index (χ2n) is 7.99. The Morgan fingerprint density at radius 1 is 1.14 bits per heavy atom. The maximum atomic E-state index is 11.8. The molecule has 1 aliphatic rings. The van der Waals surface area contributed by atoms with Crippen LogP contribution < -0.4 is 32.9 Å². The van der Waals surface area contributed by atoms with Gasteiger partial charge in [0.25, 0.3) is 5.91 Å². The fraction of sp³-hybridized carbons (Fsp3) is 0.263. The van der Waals surface area contributed by atoms with Crippen LogP contribution in [0.25, 0.3) is 16.6 Å². The molecular weight excluding hydrogens is 343 g/mol. The highest BCUT2D eigenvalue weighted by atomic mass is 16.1. The molecule has 1 aromatic heterocycles. The van der Waals surface area contributed by atoms with Crippen LogP contribution in [0.1, 0.15) is 34.7 Å². The monoisotopic (exact) mass is 368 g/mol. The molecule has 1 atom stereocenters. The molecule has 0 spiro atoms. The number of primary amides is 1. The Kier molecular flexibility index (Phi) is 4.88. The van der Waals surface area contributed by atoms with E-state index >= 15 is 0 Å². The molecule has 0 bridgehead atoms. The average Bonchev–Trinajstić information content (AvgIpc) is 3.11. The van der Waals surface area contributed by atoms with Gasteiger partial charge in [0.1, 0.15) is 36.9 Å². The van der Waals surface area contributed by atoms with Crippen LogP contribution in [0.15, 0.2) is 24.4 Å². The normalized spacial score (nSPS) is 17.1. The van der Waals surface area contributed by atoms with Crippen LogP contribution in [-0.2, 0) is 0 Å². The van der Waals surface area contributed by atoms with E-state index in [1.807, 2.05) is 23.0 Å². The third-order valence-electron chi connectivity index (χ3n) is 6.38. The molecule has 5 nitrogen and oxygen atoms in total. The van der Waals surface area contributed by atoms with E-state index in [0.29, 0.717) is 17.0 Å². The molecule has 1 unspecified atom stereocenters. The highest BCUT2D eigenvalue weighted by Crippen LogP contribution is 2.21. The van der Waals surface area contributed by atoms with Gasteiger partial charge in [-0.1, -0.05) is 39.5 Å².